The third-order valence-corrected chi connectivity index (χ3v) is 8.64. The van der Waals surface area contributed by atoms with Crippen LogP contribution in [0, 0.1) is 0 Å². The molecule has 7 nitrogen and oxygen atoms in total. The molecule has 0 saturated carbocycles. The van der Waals surface area contributed by atoms with Gasteiger partial charge >= 0.3 is 0 Å². The van der Waals surface area contributed by atoms with E-state index in [9.17, 15) is 13.2 Å². The number of hydrogen-bond acceptors (Lipinski definition) is 7. The molecule has 0 N–H and O–H groups in total. The maximum Gasteiger partial charge on any atom is 0.276 e. The average molecular weight is 444 g/mol. The summed E-state index contributed by atoms with van der Waals surface area (Å²) in [5.41, 5.74) is 0.222. The van der Waals surface area contributed by atoms with E-state index in [-0.39, 0.29) is 28.9 Å². The van der Waals surface area contributed by atoms with Crippen LogP contribution in [0.1, 0.15) is 10.5 Å². The van der Waals surface area contributed by atoms with E-state index >= 15 is 0 Å². The Balaban J connectivity index is 1.42. The van der Waals surface area contributed by atoms with E-state index in [4.69, 9.17) is 16.1 Å². The molecule has 0 spiro atoms. The van der Waals surface area contributed by atoms with Gasteiger partial charge in [-0.05, 0) is 23.6 Å². The van der Waals surface area contributed by atoms with Crippen molar-refractivity contribution in [3.8, 4) is 10.6 Å². The molecular weight excluding hydrogens is 430 g/mol. The van der Waals surface area contributed by atoms with Crippen LogP contribution < -0.4 is 0 Å². The van der Waals surface area contributed by atoms with E-state index in [0.29, 0.717) is 23.2 Å². The number of rotatable bonds is 4. The lowest BCUT2D eigenvalue weighted by molar-refractivity contribution is 0.0687. The molecule has 0 atom stereocenters. The number of piperazine rings is 1. The van der Waals surface area contributed by atoms with E-state index in [1.54, 1.807) is 17.0 Å². The third kappa shape index (κ3) is 3.67. The second kappa shape index (κ2) is 7.36. The standard InChI is InChI=1S/C16H14ClN3O4S3/c17-14-3-4-15(26-14)27(22,23)20-7-5-19(6-8-20)16(21)11-10-12(24-18-11)13-2-1-9-25-13/h1-4,9-10H,5-8H2. The molecule has 1 saturated heterocycles. The molecule has 11 heteroatoms. The third-order valence-electron chi connectivity index (χ3n) is 4.16. The Labute approximate surface area is 168 Å². The summed E-state index contributed by atoms with van der Waals surface area (Å²) < 4.78 is 32.5. The first kappa shape index (κ1) is 18.6. The molecule has 0 radical (unpaired) electrons. The molecule has 27 heavy (non-hydrogen) atoms. The molecule has 4 rings (SSSR count). The van der Waals surface area contributed by atoms with Gasteiger partial charge in [0.05, 0.1) is 9.21 Å². The molecule has 142 valence electrons. The van der Waals surface area contributed by atoms with Crippen molar-refractivity contribution in [2.45, 2.75) is 4.21 Å². The molecule has 1 amide bonds. The number of aromatic nitrogens is 1. The van der Waals surface area contributed by atoms with Crippen LogP contribution in [0.3, 0.4) is 0 Å². The first-order valence-corrected chi connectivity index (χ1v) is 11.5. The Hall–Kier alpha value is -1.72. The Morgan fingerprint density at radius 2 is 1.96 bits per heavy atom. The number of hydrogen-bond donors (Lipinski definition) is 0. The zero-order valence-corrected chi connectivity index (χ0v) is 17.1. The molecule has 3 aromatic rings. The first-order chi connectivity index (χ1) is 12.9. The van der Waals surface area contributed by atoms with Crippen molar-refractivity contribution < 1.29 is 17.7 Å². The highest BCUT2D eigenvalue weighted by atomic mass is 35.5. The Morgan fingerprint density at radius 1 is 1.19 bits per heavy atom. The highest BCUT2D eigenvalue weighted by Crippen LogP contribution is 2.29. The highest BCUT2D eigenvalue weighted by molar-refractivity contribution is 7.91. The van der Waals surface area contributed by atoms with Gasteiger partial charge in [-0.3, -0.25) is 4.79 Å². The van der Waals surface area contributed by atoms with Crippen molar-refractivity contribution in [2.75, 3.05) is 26.2 Å². The van der Waals surface area contributed by atoms with Crippen LogP contribution in [-0.2, 0) is 10.0 Å². The maximum atomic E-state index is 12.6. The highest BCUT2D eigenvalue weighted by Gasteiger charge is 2.32. The zero-order chi connectivity index (χ0) is 19.0. The summed E-state index contributed by atoms with van der Waals surface area (Å²) in [5.74, 6) is 0.280. The predicted octanol–water partition coefficient (Wildman–Crippen LogP) is 3.26. The summed E-state index contributed by atoms with van der Waals surface area (Å²) in [6.45, 7) is 1.02. The molecule has 1 aliphatic rings. The van der Waals surface area contributed by atoms with E-state index in [0.717, 1.165) is 16.2 Å². The summed E-state index contributed by atoms with van der Waals surface area (Å²) >= 11 is 8.37. The summed E-state index contributed by atoms with van der Waals surface area (Å²) in [7, 11) is -3.58. The predicted molar refractivity (Wildman–Crippen MR) is 104 cm³/mol. The second-order valence-electron chi connectivity index (χ2n) is 5.81. The van der Waals surface area contributed by atoms with Gasteiger partial charge in [0.2, 0.25) is 0 Å². The molecule has 0 aliphatic carbocycles. The zero-order valence-electron chi connectivity index (χ0n) is 13.9. The molecule has 0 bridgehead atoms. The van der Waals surface area contributed by atoms with Crippen LogP contribution in [0.25, 0.3) is 10.6 Å². The number of carbonyl (C=O) groups excluding carboxylic acids is 1. The number of sulfonamides is 1. The summed E-state index contributed by atoms with van der Waals surface area (Å²) in [5, 5.41) is 5.78. The molecule has 1 aliphatic heterocycles. The Morgan fingerprint density at radius 3 is 2.59 bits per heavy atom. The molecule has 1 fully saturated rings. The van der Waals surface area contributed by atoms with Crippen LogP contribution >= 0.6 is 34.3 Å². The van der Waals surface area contributed by atoms with Gasteiger partial charge in [0, 0.05) is 32.2 Å². The molecular formula is C16H14ClN3O4S3. The fourth-order valence-electron chi connectivity index (χ4n) is 2.77. The minimum atomic E-state index is -3.58. The smallest absolute Gasteiger partial charge is 0.276 e. The fourth-order valence-corrected chi connectivity index (χ4v) is 6.50. The normalized spacial score (nSPS) is 16.0. The fraction of sp³-hybridized carbons (Fsp3) is 0.250. The van der Waals surface area contributed by atoms with Gasteiger partial charge in [0.15, 0.2) is 11.5 Å². The Kier molecular flexibility index (Phi) is 5.08. The lowest BCUT2D eigenvalue weighted by atomic mass is 10.2. The van der Waals surface area contributed by atoms with E-state index in [1.165, 1.54) is 21.7 Å². The van der Waals surface area contributed by atoms with Gasteiger partial charge in [-0.15, -0.1) is 22.7 Å². The van der Waals surface area contributed by atoms with Crippen LogP contribution in [0.5, 0.6) is 0 Å². The molecule has 0 aromatic carbocycles. The van der Waals surface area contributed by atoms with Crippen molar-refractivity contribution >= 4 is 50.2 Å². The Bertz CT molecular complexity index is 1050. The topological polar surface area (TPSA) is 83.7 Å². The monoisotopic (exact) mass is 443 g/mol. The van der Waals surface area contributed by atoms with Crippen LogP contribution in [0.15, 0.2) is 44.4 Å². The van der Waals surface area contributed by atoms with Crippen molar-refractivity contribution in [1.29, 1.82) is 0 Å². The van der Waals surface area contributed by atoms with Gasteiger partial charge < -0.3 is 9.42 Å². The summed E-state index contributed by atoms with van der Waals surface area (Å²) in [6.07, 6.45) is 0. The average Bonchev–Trinajstić information content (AvgIpc) is 3.41. The first-order valence-electron chi connectivity index (χ1n) is 8.00. The minimum absolute atomic E-state index is 0.212. The lowest BCUT2D eigenvalue weighted by Crippen LogP contribution is -2.50. The maximum absolute atomic E-state index is 12.6. The number of nitrogens with zero attached hydrogens (tertiary/aromatic N) is 3. The van der Waals surface area contributed by atoms with Gasteiger partial charge in [-0.1, -0.05) is 22.8 Å². The number of carbonyl (C=O) groups is 1. The summed E-state index contributed by atoms with van der Waals surface area (Å²) in [6, 6.07) is 8.46. The van der Waals surface area contributed by atoms with Crippen LogP contribution in [-0.4, -0.2) is 54.9 Å². The van der Waals surface area contributed by atoms with Gasteiger partial charge in [0.1, 0.15) is 4.21 Å². The van der Waals surface area contributed by atoms with E-state index in [1.807, 2.05) is 17.5 Å². The van der Waals surface area contributed by atoms with Gasteiger partial charge in [-0.2, -0.15) is 4.31 Å². The second-order valence-corrected chi connectivity index (χ2v) is 10.6. The molecule has 3 aromatic heterocycles. The number of thiophene rings is 2. The SMILES string of the molecule is O=C(c1cc(-c2cccs2)on1)N1CCN(S(=O)(=O)c2ccc(Cl)s2)CC1. The molecule has 0 unspecified atom stereocenters. The lowest BCUT2D eigenvalue weighted by Gasteiger charge is -2.33. The van der Waals surface area contributed by atoms with Crippen molar-refractivity contribution in [1.82, 2.24) is 14.4 Å². The van der Waals surface area contributed by atoms with Gasteiger partial charge in [-0.25, -0.2) is 8.42 Å². The number of amides is 1. The minimum Gasteiger partial charge on any atom is -0.355 e. The van der Waals surface area contributed by atoms with Crippen LogP contribution in [0.2, 0.25) is 4.34 Å². The van der Waals surface area contributed by atoms with Crippen molar-refractivity contribution in [3.05, 3.63) is 45.7 Å². The van der Waals surface area contributed by atoms with Crippen molar-refractivity contribution in [3.63, 3.8) is 0 Å². The van der Waals surface area contributed by atoms with E-state index < -0.39 is 10.0 Å². The quantitative estimate of drug-likeness (QED) is 0.618. The van der Waals surface area contributed by atoms with Gasteiger partial charge in [0.25, 0.3) is 15.9 Å². The van der Waals surface area contributed by atoms with E-state index in [2.05, 4.69) is 5.16 Å². The molecule has 4 heterocycles. The largest absolute Gasteiger partial charge is 0.355 e. The van der Waals surface area contributed by atoms with Crippen LogP contribution in [0.4, 0.5) is 0 Å². The number of halogens is 1. The summed E-state index contributed by atoms with van der Waals surface area (Å²) in [4.78, 5) is 15.1. The van der Waals surface area contributed by atoms with Crippen molar-refractivity contribution in [2.24, 2.45) is 0 Å².